The standard InChI is InChI=1S/C24H26N2O5S/c1-4-16(3)31-19-12-11-17(13-20(19)30-5-2)14-21-23(28)26(24(29)32-21)15-22(27)25-18-9-7-6-8-10-18/h6-14,16H,4-5,15H2,1-3H3,(H,25,27)/b21-14+/t16-/m1/s1. The predicted molar refractivity (Wildman–Crippen MR) is 126 cm³/mol. The zero-order valence-electron chi connectivity index (χ0n) is 18.3. The molecule has 1 heterocycles. The van der Waals surface area contributed by atoms with E-state index in [0.717, 1.165) is 23.1 Å². The van der Waals surface area contributed by atoms with Gasteiger partial charge in [-0.2, -0.15) is 0 Å². The maximum Gasteiger partial charge on any atom is 0.294 e. The molecule has 0 saturated carbocycles. The summed E-state index contributed by atoms with van der Waals surface area (Å²) >= 11 is 0.809. The number of carbonyl (C=O) groups excluding carboxylic acids is 3. The number of hydrogen-bond acceptors (Lipinski definition) is 6. The van der Waals surface area contributed by atoms with Crippen LogP contribution in [0.2, 0.25) is 0 Å². The van der Waals surface area contributed by atoms with Crippen molar-refractivity contribution in [2.75, 3.05) is 18.5 Å². The van der Waals surface area contributed by atoms with Crippen LogP contribution in [0.5, 0.6) is 11.5 Å². The lowest BCUT2D eigenvalue weighted by Gasteiger charge is -2.16. The van der Waals surface area contributed by atoms with Crippen molar-refractivity contribution in [2.24, 2.45) is 0 Å². The average molecular weight is 455 g/mol. The van der Waals surface area contributed by atoms with Gasteiger partial charge in [-0.15, -0.1) is 0 Å². The maximum atomic E-state index is 12.8. The first-order valence-electron chi connectivity index (χ1n) is 10.4. The highest BCUT2D eigenvalue weighted by Crippen LogP contribution is 2.35. The molecule has 0 aliphatic carbocycles. The summed E-state index contributed by atoms with van der Waals surface area (Å²) < 4.78 is 11.6. The van der Waals surface area contributed by atoms with E-state index < -0.39 is 17.1 Å². The molecule has 2 aromatic rings. The Morgan fingerprint density at radius 3 is 2.56 bits per heavy atom. The third-order valence-corrected chi connectivity index (χ3v) is 5.61. The predicted octanol–water partition coefficient (Wildman–Crippen LogP) is 4.94. The van der Waals surface area contributed by atoms with Crippen molar-refractivity contribution in [1.82, 2.24) is 4.90 Å². The molecule has 3 amide bonds. The molecular weight excluding hydrogens is 428 g/mol. The van der Waals surface area contributed by atoms with Crippen LogP contribution >= 0.6 is 11.8 Å². The summed E-state index contributed by atoms with van der Waals surface area (Å²) in [5.41, 5.74) is 1.30. The van der Waals surface area contributed by atoms with Crippen LogP contribution in [-0.2, 0) is 9.59 Å². The van der Waals surface area contributed by atoms with Crippen LogP contribution in [-0.4, -0.2) is 41.2 Å². The number of benzene rings is 2. The molecule has 0 spiro atoms. The lowest BCUT2D eigenvalue weighted by atomic mass is 10.1. The van der Waals surface area contributed by atoms with Crippen molar-refractivity contribution in [3.63, 3.8) is 0 Å². The fourth-order valence-electron chi connectivity index (χ4n) is 2.93. The van der Waals surface area contributed by atoms with Gasteiger partial charge in [-0.05, 0) is 67.9 Å². The van der Waals surface area contributed by atoms with Gasteiger partial charge in [-0.3, -0.25) is 19.3 Å². The Bertz CT molecular complexity index is 1020. The van der Waals surface area contributed by atoms with Gasteiger partial charge in [0.25, 0.3) is 11.1 Å². The molecule has 0 unspecified atom stereocenters. The first-order chi connectivity index (χ1) is 15.4. The van der Waals surface area contributed by atoms with Crippen molar-refractivity contribution >= 4 is 40.6 Å². The minimum absolute atomic E-state index is 0.0404. The van der Waals surface area contributed by atoms with Gasteiger partial charge in [0.1, 0.15) is 6.54 Å². The zero-order valence-corrected chi connectivity index (χ0v) is 19.1. The number of imide groups is 1. The van der Waals surface area contributed by atoms with E-state index in [-0.39, 0.29) is 17.6 Å². The second-order valence-electron chi connectivity index (χ2n) is 7.16. The maximum absolute atomic E-state index is 12.8. The van der Waals surface area contributed by atoms with E-state index in [4.69, 9.17) is 9.47 Å². The third-order valence-electron chi connectivity index (χ3n) is 4.70. The molecule has 3 rings (SSSR count). The Morgan fingerprint density at radius 1 is 1.12 bits per heavy atom. The summed E-state index contributed by atoms with van der Waals surface area (Å²) in [4.78, 5) is 38.6. The van der Waals surface area contributed by atoms with Crippen LogP contribution in [0.1, 0.15) is 32.8 Å². The summed E-state index contributed by atoms with van der Waals surface area (Å²) in [5.74, 6) is 0.262. The summed E-state index contributed by atoms with van der Waals surface area (Å²) in [7, 11) is 0. The normalized spacial score (nSPS) is 15.7. The van der Waals surface area contributed by atoms with Crippen LogP contribution in [0.25, 0.3) is 6.08 Å². The lowest BCUT2D eigenvalue weighted by Crippen LogP contribution is -2.36. The van der Waals surface area contributed by atoms with Gasteiger partial charge in [0.15, 0.2) is 11.5 Å². The van der Waals surface area contributed by atoms with E-state index in [2.05, 4.69) is 5.32 Å². The summed E-state index contributed by atoms with van der Waals surface area (Å²) in [6, 6.07) is 14.2. The van der Waals surface area contributed by atoms with Crippen LogP contribution in [0.3, 0.4) is 0 Å². The highest BCUT2D eigenvalue weighted by Gasteiger charge is 2.36. The first-order valence-corrected chi connectivity index (χ1v) is 11.3. The number of anilines is 1. The average Bonchev–Trinajstić information content (AvgIpc) is 3.03. The molecule has 1 fully saturated rings. The second kappa shape index (κ2) is 10.9. The van der Waals surface area contributed by atoms with Crippen LogP contribution in [0.4, 0.5) is 10.5 Å². The van der Waals surface area contributed by atoms with E-state index in [9.17, 15) is 14.4 Å². The van der Waals surface area contributed by atoms with Gasteiger partial charge in [0.2, 0.25) is 5.91 Å². The molecule has 0 aromatic heterocycles. The van der Waals surface area contributed by atoms with Crippen LogP contribution in [0, 0.1) is 0 Å². The number of hydrogen-bond donors (Lipinski definition) is 1. The molecule has 32 heavy (non-hydrogen) atoms. The van der Waals surface area contributed by atoms with Gasteiger partial charge in [0, 0.05) is 5.69 Å². The van der Waals surface area contributed by atoms with Crippen LogP contribution < -0.4 is 14.8 Å². The Balaban J connectivity index is 1.73. The highest BCUT2D eigenvalue weighted by molar-refractivity contribution is 8.18. The SMILES string of the molecule is CCOc1cc(/C=C2/SC(=O)N(CC(=O)Nc3ccccc3)C2=O)ccc1O[C@H](C)CC. The molecule has 7 nitrogen and oxygen atoms in total. The van der Waals surface area contributed by atoms with Gasteiger partial charge in [-0.1, -0.05) is 31.2 Å². The number of thioether (sulfide) groups is 1. The van der Waals surface area contributed by atoms with Crippen molar-refractivity contribution in [2.45, 2.75) is 33.3 Å². The number of rotatable bonds is 9. The fraction of sp³-hybridized carbons (Fsp3) is 0.292. The van der Waals surface area contributed by atoms with Crippen molar-refractivity contribution in [3.05, 3.63) is 59.0 Å². The van der Waals surface area contributed by atoms with E-state index in [1.165, 1.54) is 0 Å². The van der Waals surface area contributed by atoms with Gasteiger partial charge >= 0.3 is 0 Å². The monoisotopic (exact) mass is 454 g/mol. The molecule has 1 aliphatic heterocycles. The van der Waals surface area contributed by atoms with Crippen LogP contribution in [0.15, 0.2) is 53.4 Å². The summed E-state index contributed by atoms with van der Waals surface area (Å²) in [6.07, 6.45) is 2.52. The smallest absolute Gasteiger partial charge is 0.294 e. The molecular formula is C24H26N2O5S. The molecule has 1 aliphatic rings. The minimum atomic E-state index is -0.499. The third kappa shape index (κ3) is 5.91. The molecule has 168 valence electrons. The van der Waals surface area contributed by atoms with E-state index in [1.807, 2.05) is 26.8 Å². The fourth-order valence-corrected chi connectivity index (χ4v) is 3.77. The van der Waals surface area contributed by atoms with E-state index in [1.54, 1.807) is 48.5 Å². The Hall–Kier alpha value is -3.26. The van der Waals surface area contributed by atoms with E-state index >= 15 is 0 Å². The van der Waals surface area contributed by atoms with Crippen molar-refractivity contribution < 1.29 is 23.9 Å². The Labute approximate surface area is 191 Å². The number of amides is 3. The number of nitrogens with one attached hydrogen (secondary N) is 1. The van der Waals surface area contributed by atoms with Gasteiger partial charge in [0.05, 0.1) is 17.6 Å². The molecule has 0 radical (unpaired) electrons. The minimum Gasteiger partial charge on any atom is -0.490 e. The summed E-state index contributed by atoms with van der Waals surface area (Å²) in [6.45, 7) is 6.02. The Kier molecular flexibility index (Phi) is 7.94. The first kappa shape index (κ1) is 23.4. The molecule has 8 heteroatoms. The van der Waals surface area contributed by atoms with Gasteiger partial charge < -0.3 is 14.8 Å². The summed E-state index contributed by atoms with van der Waals surface area (Å²) in [5, 5.41) is 2.20. The van der Waals surface area contributed by atoms with Crippen molar-refractivity contribution in [1.29, 1.82) is 0 Å². The van der Waals surface area contributed by atoms with Gasteiger partial charge in [-0.25, -0.2) is 0 Å². The molecule has 1 saturated heterocycles. The zero-order chi connectivity index (χ0) is 23.1. The number of para-hydroxylation sites is 1. The van der Waals surface area contributed by atoms with Crippen molar-refractivity contribution in [3.8, 4) is 11.5 Å². The number of carbonyl (C=O) groups is 3. The molecule has 0 bridgehead atoms. The topological polar surface area (TPSA) is 84.9 Å². The van der Waals surface area contributed by atoms with E-state index in [0.29, 0.717) is 29.4 Å². The number of nitrogens with zero attached hydrogens (tertiary/aromatic N) is 1. The lowest BCUT2D eigenvalue weighted by molar-refractivity contribution is -0.127. The molecule has 2 aromatic carbocycles. The second-order valence-corrected chi connectivity index (χ2v) is 8.15. The quantitative estimate of drug-likeness (QED) is 0.541. The molecule has 1 atom stereocenters. The Morgan fingerprint density at radius 2 is 1.88 bits per heavy atom. The highest BCUT2D eigenvalue weighted by atomic mass is 32.2. The molecule has 1 N–H and O–H groups in total. The number of ether oxygens (including phenoxy) is 2. The largest absolute Gasteiger partial charge is 0.490 e.